The Labute approximate surface area is 301 Å². The Kier molecular flexibility index (Phi) is 8.56. The van der Waals surface area contributed by atoms with E-state index in [0.717, 1.165) is 33.4 Å². The highest BCUT2D eigenvalue weighted by Crippen LogP contribution is 2.40. The summed E-state index contributed by atoms with van der Waals surface area (Å²) in [5.41, 5.74) is 4.42. The van der Waals surface area contributed by atoms with Crippen LogP contribution in [0.15, 0.2) is 124 Å². The molecule has 3 atom stereocenters. The monoisotopic (exact) mass is 684 g/mol. The van der Waals surface area contributed by atoms with Crippen molar-refractivity contribution in [3.63, 3.8) is 0 Å². The summed E-state index contributed by atoms with van der Waals surface area (Å²) in [6, 6.07) is 36.7. The minimum Gasteiger partial charge on any atom is -0.446 e. The van der Waals surface area contributed by atoms with Gasteiger partial charge in [0.15, 0.2) is 0 Å². The van der Waals surface area contributed by atoms with Crippen LogP contribution in [-0.4, -0.2) is 49.3 Å². The van der Waals surface area contributed by atoms with Gasteiger partial charge in [-0.25, -0.2) is 15.0 Å². The normalized spacial score (nSPS) is 20.8. The van der Waals surface area contributed by atoms with Gasteiger partial charge < -0.3 is 14.2 Å². The van der Waals surface area contributed by atoms with Gasteiger partial charge >= 0.3 is 0 Å². The Balaban J connectivity index is 1.35. The van der Waals surface area contributed by atoms with E-state index in [2.05, 4.69) is 98.7 Å². The first-order valence-corrected chi connectivity index (χ1v) is 17.6. The molecule has 4 aromatic rings. The molecule has 0 aliphatic carbocycles. The Morgan fingerprint density at radius 2 is 0.627 bits per heavy atom. The summed E-state index contributed by atoms with van der Waals surface area (Å²) in [6.07, 6.45) is -1.19. The maximum absolute atomic E-state index is 6.73. The Morgan fingerprint density at radius 1 is 0.392 bits per heavy atom. The van der Waals surface area contributed by atoms with Gasteiger partial charge in [0, 0.05) is 33.4 Å². The fourth-order valence-electron chi connectivity index (χ4n) is 6.35. The van der Waals surface area contributed by atoms with Crippen molar-refractivity contribution in [2.75, 3.05) is 0 Å². The number of benzene rings is 4. The summed E-state index contributed by atoms with van der Waals surface area (Å²) in [7, 11) is 0. The van der Waals surface area contributed by atoms with E-state index in [4.69, 9.17) is 29.5 Å². The highest BCUT2D eigenvalue weighted by atomic mass is 16.5. The highest BCUT2D eigenvalue weighted by Gasteiger charge is 2.41. The third-order valence-electron chi connectivity index (χ3n) is 8.92. The molecule has 264 valence electrons. The first-order valence-electron chi connectivity index (χ1n) is 17.6. The predicted octanol–water partition coefficient (Wildman–Crippen LogP) is 9.16. The summed E-state index contributed by atoms with van der Waals surface area (Å²) in [4.78, 5) is 0. The molecule has 0 bridgehead atoms. The SMILES string of the molecule is CC(C)(C)N1N=C(c2cc(C3=NN(C(C)(C)C)C(c4ccccc4)O3)cc(C3=NN(C(C)(C)C)C(c4ccccc4)O3)c2)OC1c1ccccc1. The van der Waals surface area contributed by atoms with E-state index in [-0.39, 0.29) is 16.6 Å². The average molecular weight is 685 g/mol. The Morgan fingerprint density at radius 3 is 0.843 bits per heavy atom. The van der Waals surface area contributed by atoms with Crippen LogP contribution in [0.4, 0.5) is 0 Å². The van der Waals surface area contributed by atoms with Crippen LogP contribution in [-0.2, 0) is 14.2 Å². The van der Waals surface area contributed by atoms with Crippen LogP contribution >= 0.6 is 0 Å². The molecule has 0 N–H and O–H groups in total. The number of ether oxygens (including phenoxy) is 3. The van der Waals surface area contributed by atoms with Crippen molar-refractivity contribution < 1.29 is 14.2 Å². The molecule has 0 spiro atoms. The molecule has 0 amide bonds. The van der Waals surface area contributed by atoms with Crippen LogP contribution in [0.3, 0.4) is 0 Å². The van der Waals surface area contributed by atoms with E-state index in [0.29, 0.717) is 17.7 Å². The molecule has 3 unspecified atom stereocenters. The molecule has 51 heavy (non-hydrogen) atoms. The minimum atomic E-state index is -0.397. The topological polar surface area (TPSA) is 74.5 Å². The lowest BCUT2D eigenvalue weighted by Crippen LogP contribution is -2.38. The lowest BCUT2D eigenvalue weighted by atomic mass is 10.0. The number of rotatable bonds is 6. The van der Waals surface area contributed by atoms with Gasteiger partial charge in [0.05, 0.1) is 16.6 Å². The molecule has 0 saturated heterocycles. The highest BCUT2D eigenvalue weighted by molar-refractivity contribution is 6.05. The maximum Gasteiger partial charge on any atom is 0.240 e. The van der Waals surface area contributed by atoms with Gasteiger partial charge in [-0.05, 0) is 80.5 Å². The van der Waals surface area contributed by atoms with Gasteiger partial charge in [0.2, 0.25) is 36.4 Å². The molecule has 0 fully saturated rings. The summed E-state index contributed by atoms with van der Waals surface area (Å²) in [6.45, 7) is 19.2. The minimum absolute atomic E-state index is 0.313. The van der Waals surface area contributed by atoms with Crippen molar-refractivity contribution in [1.29, 1.82) is 0 Å². The van der Waals surface area contributed by atoms with Crippen molar-refractivity contribution in [2.45, 2.75) is 97.6 Å². The van der Waals surface area contributed by atoms with Gasteiger partial charge in [-0.1, -0.05) is 91.0 Å². The number of hydrogen-bond acceptors (Lipinski definition) is 9. The van der Waals surface area contributed by atoms with Gasteiger partial charge in [-0.15, -0.1) is 15.3 Å². The molecule has 9 nitrogen and oxygen atoms in total. The smallest absolute Gasteiger partial charge is 0.240 e. The second-order valence-corrected chi connectivity index (χ2v) is 16.2. The Hall–Kier alpha value is -5.31. The molecule has 4 aromatic carbocycles. The lowest BCUT2D eigenvalue weighted by molar-refractivity contribution is -0.00730. The van der Waals surface area contributed by atoms with E-state index in [1.807, 2.05) is 87.8 Å². The number of hydrogen-bond donors (Lipinski definition) is 0. The zero-order valence-corrected chi connectivity index (χ0v) is 31.0. The summed E-state index contributed by atoms with van der Waals surface area (Å²) in [5, 5.41) is 21.4. The summed E-state index contributed by atoms with van der Waals surface area (Å²) in [5.74, 6) is 1.50. The van der Waals surface area contributed by atoms with Gasteiger partial charge in [-0.2, -0.15) is 0 Å². The molecular weight excluding hydrogens is 637 g/mol. The van der Waals surface area contributed by atoms with Crippen LogP contribution in [0.25, 0.3) is 0 Å². The molecule has 3 aliphatic heterocycles. The molecule has 0 saturated carbocycles. The number of nitrogens with zero attached hydrogens (tertiary/aromatic N) is 6. The molecule has 9 heteroatoms. The van der Waals surface area contributed by atoms with E-state index in [1.165, 1.54) is 0 Å². The van der Waals surface area contributed by atoms with E-state index in [9.17, 15) is 0 Å². The summed E-state index contributed by atoms with van der Waals surface area (Å²) < 4.78 is 20.2. The van der Waals surface area contributed by atoms with Crippen LogP contribution in [0.1, 0.15) is 114 Å². The summed E-state index contributed by atoms with van der Waals surface area (Å²) >= 11 is 0. The van der Waals surface area contributed by atoms with Crippen molar-refractivity contribution >= 4 is 17.7 Å². The quantitative estimate of drug-likeness (QED) is 0.202. The van der Waals surface area contributed by atoms with Crippen molar-refractivity contribution in [2.24, 2.45) is 15.3 Å². The predicted molar refractivity (Wildman–Crippen MR) is 202 cm³/mol. The first kappa shape index (κ1) is 34.2. The molecule has 3 aliphatic rings. The lowest BCUT2D eigenvalue weighted by Gasteiger charge is -2.33. The van der Waals surface area contributed by atoms with Crippen molar-refractivity contribution in [1.82, 2.24) is 15.0 Å². The Bertz CT molecular complexity index is 1720. The second-order valence-electron chi connectivity index (χ2n) is 16.2. The van der Waals surface area contributed by atoms with Crippen LogP contribution in [0.5, 0.6) is 0 Å². The molecular formula is C42H48N6O3. The van der Waals surface area contributed by atoms with Gasteiger partial charge in [0.1, 0.15) is 0 Å². The fourth-order valence-corrected chi connectivity index (χ4v) is 6.35. The standard InChI is InChI=1S/C42H48N6O3/c1-40(2,3)46-37(28-19-13-10-14-20-28)49-34(43-46)31-25-32(35-44-47(41(4,5)6)38(50-35)29-21-15-11-16-22-29)27-33(26-31)36-45-48(42(7,8)9)39(51-36)30-23-17-12-18-24-30/h10-27,37-39H,1-9H3. The third-order valence-corrected chi connectivity index (χ3v) is 8.92. The molecule has 0 radical (unpaired) electrons. The molecule has 0 aromatic heterocycles. The van der Waals surface area contributed by atoms with E-state index < -0.39 is 18.7 Å². The van der Waals surface area contributed by atoms with E-state index in [1.54, 1.807) is 0 Å². The van der Waals surface area contributed by atoms with E-state index >= 15 is 0 Å². The van der Waals surface area contributed by atoms with Crippen LogP contribution in [0, 0.1) is 0 Å². The maximum atomic E-state index is 6.73. The van der Waals surface area contributed by atoms with Crippen molar-refractivity contribution in [3.8, 4) is 0 Å². The fraction of sp³-hybridized carbons (Fsp3) is 0.357. The third kappa shape index (κ3) is 6.89. The largest absolute Gasteiger partial charge is 0.446 e. The zero-order valence-electron chi connectivity index (χ0n) is 31.0. The first-order chi connectivity index (χ1) is 24.2. The van der Waals surface area contributed by atoms with Gasteiger partial charge in [-0.3, -0.25) is 0 Å². The van der Waals surface area contributed by atoms with Gasteiger partial charge in [0.25, 0.3) is 0 Å². The molecule has 7 rings (SSSR count). The number of hydrazone groups is 3. The van der Waals surface area contributed by atoms with Crippen LogP contribution < -0.4 is 0 Å². The molecule has 3 heterocycles. The zero-order chi connectivity index (χ0) is 36.1. The average Bonchev–Trinajstić information content (AvgIpc) is 3.87. The second kappa shape index (κ2) is 12.8. The van der Waals surface area contributed by atoms with Crippen LogP contribution in [0.2, 0.25) is 0 Å². The van der Waals surface area contributed by atoms with Crippen molar-refractivity contribution in [3.05, 3.63) is 143 Å².